The van der Waals surface area contributed by atoms with E-state index in [0.29, 0.717) is 29.1 Å². The number of halogens is 1. The summed E-state index contributed by atoms with van der Waals surface area (Å²) in [6, 6.07) is 15.4. The maximum absolute atomic E-state index is 13.3. The molecule has 0 aliphatic rings. The number of benzene rings is 2. The Morgan fingerprint density at radius 1 is 0.875 bits per heavy atom. The van der Waals surface area contributed by atoms with Crippen LogP contribution in [0.4, 0.5) is 4.39 Å². The first-order valence-electron chi connectivity index (χ1n) is 7.24. The lowest BCUT2D eigenvalue weighted by Crippen LogP contribution is -1.89. The van der Waals surface area contributed by atoms with E-state index in [1.807, 2.05) is 30.3 Å². The molecule has 4 rings (SSSR count). The normalized spacial score (nSPS) is 10.9. The third-order valence-corrected chi connectivity index (χ3v) is 3.34. The summed E-state index contributed by atoms with van der Waals surface area (Å²) in [5.41, 5.74) is 1.38. The Morgan fingerprint density at radius 2 is 1.71 bits per heavy atom. The second kappa shape index (κ2) is 6.04. The van der Waals surface area contributed by atoms with Crippen LogP contribution in [0, 0.1) is 5.82 Å². The van der Waals surface area contributed by atoms with E-state index in [1.54, 1.807) is 12.1 Å². The predicted molar refractivity (Wildman–Crippen MR) is 82.2 cm³/mol. The molecule has 0 amide bonds. The van der Waals surface area contributed by atoms with Gasteiger partial charge in [-0.25, -0.2) is 4.39 Å². The Labute approximate surface area is 136 Å². The monoisotopic (exact) mass is 322 g/mol. The highest BCUT2D eigenvalue weighted by molar-refractivity contribution is 5.54. The standard InChI is InChI=1S/C17H11FN4O2/c18-13-8-4-7-12(9-13)16-19-14(24-22-16)10-15-20-21-17(23-15)11-5-2-1-3-6-11/h1-9H,10H2. The van der Waals surface area contributed by atoms with Crippen molar-refractivity contribution in [3.8, 4) is 22.8 Å². The molecule has 0 aliphatic heterocycles. The Hall–Kier alpha value is -3.35. The summed E-state index contributed by atoms with van der Waals surface area (Å²) in [5.74, 6) is 1.06. The van der Waals surface area contributed by atoms with Gasteiger partial charge in [0, 0.05) is 11.1 Å². The highest BCUT2D eigenvalue weighted by atomic mass is 19.1. The van der Waals surface area contributed by atoms with Gasteiger partial charge in [-0.2, -0.15) is 4.98 Å². The van der Waals surface area contributed by atoms with Gasteiger partial charge in [0.1, 0.15) is 12.2 Å². The van der Waals surface area contributed by atoms with E-state index in [0.717, 1.165) is 5.56 Å². The van der Waals surface area contributed by atoms with Crippen molar-refractivity contribution in [3.63, 3.8) is 0 Å². The van der Waals surface area contributed by atoms with Gasteiger partial charge in [0.2, 0.25) is 23.5 Å². The van der Waals surface area contributed by atoms with Crippen molar-refractivity contribution >= 4 is 0 Å². The van der Waals surface area contributed by atoms with E-state index in [1.165, 1.54) is 12.1 Å². The van der Waals surface area contributed by atoms with Gasteiger partial charge in [0.05, 0.1) is 0 Å². The smallest absolute Gasteiger partial charge is 0.247 e. The van der Waals surface area contributed by atoms with Gasteiger partial charge in [-0.1, -0.05) is 35.5 Å². The van der Waals surface area contributed by atoms with Crippen molar-refractivity contribution in [1.82, 2.24) is 20.3 Å². The molecule has 7 heteroatoms. The second-order valence-corrected chi connectivity index (χ2v) is 5.07. The first-order valence-corrected chi connectivity index (χ1v) is 7.24. The molecule has 2 aromatic heterocycles. The van der Waals surface area contributed by atoms with Crippen LogP contribution in [-0.4, -0.2) is 20.3 Å². The van der Waals surface area contributed by atoms with Crippen LogP contribution in [0.1, 0.15) is 11.8 Å². The predicted octanol–water partition coefficient (Wildman–Crippen LogP) is 3.52. The fourth-order valence-electron chi connectivity index (χ4n) is 2.22. The topological polar surface area (TPSA) is 77.8 Å². The average molecular weight is 322 g/mol. The van der Waals surface area contributed by atoms with E-state index in [9.17, 15) is 4.39 Å². The molecule has 0 N–H and O–H groups in total. The SMILES string of the molecule is Fc1cccc(-c2noc(Cc3nnc(-c4ccccc4)o3)n2)c1. The molecule has 0 bridgehead atoms. The minimum Gasteiger partial charge on any atom is -0.420 e. The highest BCUT2D eigenvalue weighted by Crippen LogP contribution is 2.20. The van der Waals surface area contributed by atoms with E-state index in [-0.39, 0.29) is 12.2 Å². The molecule has 0 fully saturated rings. The fourth-order valence-corrected chi connectivity index (χ4v) is 2.22. The molecule has 0 spiro atoms. The van der Waals surface area contributed by atoms with Crippen molar-refractivity contribution in [2.75, 3.05) is 0 Å². The zero-order chi connectivity index (χ0) is 16.4. The molecule has 0 radical (unpaired) electrons. The largest absolute Gasteiger partial charge is 0.420 e. The van der Waals surface area contributed by atoms with E-state index >= 15 is 0 Å². The van der Waals surface area contributed by atoms with Gasteiger partial charge >= 0.3 is 0 Å². The number of hydrogen-bond donors (Lipinski definition) is 0. The molecule has 0 aliphatic carbocycles. The summed E-state index contributed by atoms with van der Waals surface area (Å²) in [6.07, 6.45) is 0.210. The summed E-state index contributed by atoms with van der Waals surface area (Å²) in [5, 5.41) is 11.8. The Bertz CT molecular complexity index is 965. The van der Waals surface area contributed by atoms with Gasteiger partial charge < -0.3 is 8.94 Å². The molecule has 4 aromatic rings. The van der Waals surface area contributed by atoms with E-state index in [2.05, 4.69) is 20.3 Å². The van der Waals surface area contributed by atoms with Crippen molar-refractivity contribution < 1.29 is 13.3 Å². The van der Waals surface area contributed by atoms with E-state index in [4.69, 9.17) is 8.94 Å². The lowest BCUT2D eigenvalue weighted by Gasteiger charge is -1.93. The summed E-state index contributed by atoms with van der Waals surface area (Å²) >= 11 is 0. The molecule has 6 nitrogen and oxygen atoms in total. The molecular weight excluding hydrogens is 311 g/mol. The number of nitrogens with zero attached hydrogens (tertiary/aromatic N) is 4. The number of hydrogen-bond acceptors (Lipinski definition) is 6. The van der Waals surface area contributed by atoms with Crippen LogP contribution in [0.25, 0.3) is 22.8 Å². The van der Waals surface area contributed by atoms with Gasteiger partial charge in [-0.3, -0.25) is 0 Å². The number of rotatable bonds is 4. The van der Waals surface area contributed by atoms with Crippen LogP contribution in [0.3, 0.4) is 0 Å². The zero-order valence-electron chi connectivity index (χ0n) is 12.4. The fraction of sp³-hybridized carbons (Fsp3) is 0.0588. The molecule has 0 saturated carbocycles. The third kappa shape index (κ3) is 2.91. The van der Waals surface area contributed by atoms with Gasteiger partial charge in [-0.05, 0) is 24.3 Å². The van der Waals surface area contributed by atoms with Gasteiger partial charge in [0.15, 0.2) is 0 Å². The number of aromatic nitrogens is 4. The molecule has 24 heavy (non-hydrogen) atoms. The van der Waals surface area contributed by atoms with Crippen LogP contribution >= 0.6 is 0 Å². The molecule has 2 heterocycles. The van der Waals surface area contributed by atoms with Crippen LogP contribution in [0.15, 0.2) is 63.5 Å². The molecular formula is C17H11FN4O2. The van der Waals surface area contributed by atoms with Crippen LogP contribution in [-0.2, 0) is 6.42 Å². The quantitative estimate of drug-likeness (QED) is 0.572. The molecule has 0 atom stereocenters. The first-order chi connectivity index (χ1) is 11.8. The highest BCUT2D eigenvalue weighted by Gasteiger charge is 2.14. The Morgan fingerprint density at radius 3 is 2.54 bits per heavy atom. The van der Waals surface area contributed by atoms with Crippen molar-refractivity contribution in [2.45, 2.75) is 6.42 Å². The van der Waals surface area contributed by atoms with Crippen molar-refractivity contribution in [2.24, 2.45) is 0 Å². The first kappa shape index (κ1) is 14.3. The third-order valence-electron chi connectivity index (χ3n) is 3.34. The lowest BCUT2D eigenvalue weighted by molar-refractivity contribution is 0.374. The van der Waals surface area contributed by atoms with Crippen LogP contribution in [0.2, 0.25) is 0 Å². The zero-order valence-corrected chi connectivity index (χ0v) is 12.4. The molecule has 2 aromatic carbocycles. The average Bonchev–Trinajstić information content (AvgIpc) is 3.26. The Balaban J connectivity index is 1.54. The van der Waals surface area contributed by atoms with Gasteiger partial charge in [-0.15, -0.1) is 10.2 Å². The summed E-state index contributed by atoms with van der Waals surface area (Å²) in [7, 11) is 0. The second-order valence-electron chi connectivity index (χ2n) is 5.07. The van der Waals surface area contributed by atoms with Gasteiger partial charge in [0.25, 0.3) is 0 Å². The van der Waals surface area contributed by atoms with Crippen molar-refractivity contribution in [1.29, 1.82) is 0 Å². The maximum Gasteiger partial charge on any atom is 0.247 e. The Kier molecular flexibility index (Phi) is 3.59. The van der Waals surface area contributed by atoms with Crippen LogP contribution < -0.4 is 0 Å². The minimum absolute atomic E-state index is 0.210. The lowest BCUT2D eigenvalue weighted by atomic mass is 10.2. The van der Waals surface area contributed by atoms with E-state index < -0.39 is 0 Å². The minimum atomic E-state index is -0.358. The molecule has 0 saturated heterocycles. The molecule has 0 unspecified atom stereocenters. The summed E-state index contributed by atoms with van der Waals surface area (Å²) < 4.78 is 24.0. The summed E-state index contributed by atoms with van der Waals surface area (Å²) in [6.45, 7) is 0. The maximum atomic E-state index is 13.3. The molecule has 118 valence electrons. The summed E-state index contributed by atoms with van der Waals surface area (Å²) in [4.78, 5) is 4.23. The van der Waals surface area contributed by atoms with Crippen molar-refractivity contribution in [3.05, 3.63) is 72.2 Å². The van der Waals surface area contributed by atoms with Crippen LogP contribution in [0.5, 0.6) is 0 Å².